The maximum absolute atomic E-state index is 14.4. The molecule has 0 bridgehead atoms. The summed E-state index contributed by atoms with van der Waals surface area (Å²) in [6, 6.07) is 17.0. The molecule has 0 N–H and O–H groups in total. The lowest BCUT2D eigenvalue weighted by molar-refractivity contribution is 0.0925. The first-order chi connectivity index (χ1) is 15.5. The fourth-order valence-corrected chi connectivity index (χ4v) is 5.93. The molecule has 0 unspecified atom stereocenters. The number of sulfonamides is 1. The highest BCUT2D eigenvalue weighted by molar-refractivity contribution is 7.89. The second-order valence-corrected chi connectivity index (χ2v) is 10.6. The van der Waals surface area contributed by atoms with Crippen molar-refractivity contribution in [3.8, 4) is 5.75 Å². The van der Waals surface area contributed by atoms with Gasteiger partial charge in [-0.3, -0.25) is 0 Å². The van der Waals surface area contributed by atoms with E-state index in [1.165, 1.54) is 33.4 Å². The van der Waals surface area contributed by atoms with Gasteiger partial charge in [-0.1, -0.05) is 30.3 Å². The zero-order valence-corrected chi connectivity index (χ0v) is 19.3. The molecule has 170 valence electrons. The largest absolute Gasteiger partial charge is 0.493 e. The second kappa shape index (κ2) is 10.6. The van der Waals surface area contributed by atoms with Gasteiger partial charge in [0.2, 0.25) is 10.0 Å². The Hall–Kier alpha value is -2.26. The van der Waals surface area contributed by atoms with E-state index in [-0.39, 0.29) is 24.1 Å². The van der Waals surface area contributed by atoms with Gasteiger partial charge in [0.05, 0.1) is 12.7 Å². The molecule has 3 aromatic rings. The summed E-state index contributed by atoms with van der Waals surface area (Å²) < 4.78 is 53.9. The van der Waals surface area contributed by atoms with Crippen molar-refractivity contribution in [3.05, 3.63) is 82.3 Å². The predicted molar refractivity (Wildman–Crippen MR) is 123 cm³/mol. The highest BCUT2D eigenvalue weighted by Gasteiger charge is 2.31. The summed E-state index contributed by atoms with van der Waals surface area (Å²) in [5.41, 5.74) is 0.775. The van der Waals surface area contributed by atoms with E-state index in [2.05, 4.69) is 6.07 Å². The topological polar surface area (TPSA) is 55.8 Å². The smallest absolute Gasteiger partial charge is 0.246 e. The van der Waals surface area contributed by atoms with Crippen LogP contribution in [0.25, 0.3) is 0 Å². The van der Waals surface area contributed by atoms with Crippen molar-refractivity contribution in [1.82, 2.24) is 4.31 Å². The Morgan fingerprint density at radius 2 is 2.00 bits per heavy atom. The van der Waals surface area contributed by atoms with Crippen molar-refractivity contribution in [2.75, 3.05) is 19.8 Å². The van der Waals surface area contributed by atoms with Gasteiger partial charge in [0, 0.05) is 31.0 Å². The van der Waals surface area contributed by atoms with Crippen LogP contribution >= 0.6 is 11.3 Å². The molecule has 8 heteroatoms. The number of ether oxygens (including phenoxy) is 2. The lowest BCUT2D eigenvalue weighted by Crippen LogP contribution is -2.37. The highest BCUT2D eigenvalue weighted by atomic mass is 32.2. The zero-order chi connectivity index (χ0) is 22.4. The number of hydrogen-bond acceptors (Lipinski definition) is 5. The minimum Gasteiger partial charge on any atom is -0.493 e. The highest BCUT2D eigenvalue weighted by Crippen LogP contribution is 2.25. The third kappa shape index (κ3) is 5.75. The molecule has 0 amide bonds. The second-order valence-electron chi connectivity index (χ2n) is 7.69. The average Bonchev–Trinajstić information content (AvgIpc) is 3.48. The average molecular weight is 476 g/mol. The fraction of sp³-hybridized carbons (Fsp3) is 0.333. The Balaban J connectivity index is 1.51. The van der Waals surface area contributed by atoms with Crippen LogP contribution in [0.5, 0.6) is 5.75 Å². The van der Waals surface area contributed by atoms with Crippen LogP contribution < -0.4 is 4.74 Å². The lowest BCUT2D eigenvalue weighted by atomic mass is 10.2. The van der Waals surface area contributed by atoms with Crippen molar-refractivity contribution < 1.29 is 22.3 Å². The number of nitrogens with zero attached hydrogens (tertiary/aromatic N) is 1. The summed E-state index contributed by atoms with van der Waals surface area (Å²) in [5.74, 6) is -0.0742. The molecule has 1 fully saturated rings. The summed E-state index contributed by atoms with van der Waals surface area (Å²) >= 11 is 1.69. The van der Waals surface area contributed by atoms with Gasteiger partial charge in [0.1, 0.15) is 16.5 Å². The first kappa shape index (κ1) is 22.9. The summed E-state index contributed by atoms with van der Waals surface area (Å²) in [6.45, 7) is 1.45. The predicted octanol–water partition coefficient (Wildman–Crippen LogP) is 4.88. The van der Waals surface area contributed by atoms with Gasteiger partial charge < -0.3 is 9.47 Å². The first-order valence-corrected chi connectivity index (χ1v) is 12.9. The van der Waals surface area contributed by atoms with Crippen molar-refractivity contribution in [1.29, 1.82) is 0 Å². The molecule has 0 spiro atoms. The molecule has 0 aliphatic carbocycles. The van der Waals surface area contributed by atoms with E-state index < -0.39 is 15.8 Å². The SMILES string of the molecule is O=S(=O)(c1ccccc1F)N(Cc1cccc(OCCc2cccs2)c1)C[C@@H]1CCCO1. The molecule has 0 saturated carbocycles. The van der Waals surface area contributed by atoms with Gasteiger partial charge in [-0.15, -0.1) is 11.3 Å². The molecule has 5 nitrogen and oxygen atoms in total. The van der Waals surface area contributed by atoms with E-state index in [0.29, 0.717) is 19.0 Å². The fourth-order valence-electron chi connectivity index (χ4n) is 3.72. The molecular weight excluding hydrogens is 449 g/mol. The van der Waals surface area contributed by atoms with Crippen LogP contribution in [0.3, 0.4) is 0 Å². The van der Waals surface area contributed by atoms with Crippen LogP contribution in [-0.2, 0) is 27.7 Å². The first-order valence-electron chi connectivity index (χ1n) is 10.6. The molecule has 1 aromatic heterocycles. The Morgan fingerprint density at radius 3 is 2.75 bits per heavy atom. The molecule has 2 aromatic carbocycles. The minimum atomic E-state index is -4.04. The van der Waals surface area contributed by atoms with Gasteiger partial charge in [-0.2, -0.15) is 4.31 Å². The number of halogens is 1. The maximum Gasteiger partial charge on any atom is 0.246 e. The quantitative estimate of drug-likeness (QED) is 0.419. The molecule has 2 heterocycles. The van der Waals surface area contributed by atoms with Crippen LogP contribution in [-0.4, -0.2) is 38.6 Å². The lowest BCUT2D eigenvalue weighted by Gasteiger charge is -2.25. The Morgan fingerprint density at radius 1 is 1.12 bits per heavy atom. The molecule has 1 aliphatic heterocycles. The van der Waals surface area contributed by atoms with Gasteiger partial charge in [-0.05, 0) is 54.1 Å². The van der Waals surface area contributed by atoms with Crippen LogP contribution in [0.2, 0.25) is 0 Å². The minimum absolute atomic E-state index is 0.110. The molecular formula is C24H26FNO4S2. The van der Waals surface area contributed by atoms with Gasteiger partial charge in [0.15, 0.2) is 0 Å². The Kier molecular flexibility index (Phi) is 7.57. The van der Waals surface area contributed by atoms with Crippen molar-refractivity contribution in [3.63, 3.8) is 0 Å². The Bertz CT molecular complexity index is 1110. The molecule has 1 aliphatic rings. The van der Waals surface area contributed by atoms with Crippen LogP contribution in [0.1, 0.15) is 23.3 Å². The maximum atomic E-state index is 14.4. The standard InChI is InChI=1S/C24H26FNO4S2/c25-23-10-1-2-11-24(23)32(27,28)26(18-21-8-4-13-29-21)17-19-6-3-7-20(16-19)30-14-12-22-9-5-15-31-22/h1-3,5-7,9-11,15-16,21H,4,8,12-14,17-18H2/t21-/m0/s1. The van der Waals surface area contributed by atoms with Gasteiger partial charge in [-0.25, -0.2) is 12.8 Å². The monoisotopic (exact) mass is 475 g/mol. The third-order valence-corrected chi connectivity index (χ3v) is 8.12. The van der Waals surface area contributed by atoms with E-state index in [4.69, 9.17) is 9.47 Å². The molecule has 1 atom stereocenters. The molecule has 32 heavy (non-hydrogen) atoms. The van der Waals surface area contributed by atoms with E-state index >= 15 is 0 Å². The molecule has 1 saturated heterocycles. The number of benzene rings is 2. The summed E-state index contributed by atoms with van der Waals surface area (Å²) in [4.78, 5) is 0.932. The van der Waals surface area contributed by atoms with Crippen LogP contribution in [0.15, 0.2) is 70.9 Å². The normalized spacial score (nSPS) is 16.5. The summed E-state index contributed by atoms with van der Waals surface area (Å²) in [5, 5.41) is 2.04. The van der Waals surface area contributed by atoms with E-state index in [1.54, 1.807) is 11.3 Å². The van der Waals surface area contributed by atoms with E-state index in [1.807, 2.05) is 35.7 Å². The number of thiophene rings is 1. The van der Waals surface area contributed by atoms with E-state index in [9.17, 15) is 12.8 Å². The number of rotatable bonds is 10. The number of hydrogen-bond donors (Lipinski definition) is 0. The van der Waals surface area contributed by atoms with Gasteiger partial charge >= 0.3 is 0 Å². The molecule has 4 rings (SSSR count). The van der Waals surface area contributed by atoms with E-state index in [0.717, 1.165) is 24.8 Å². The zero-order valence-electron chi connectivity index (χ0n) is 17.7. The molecule has 0 radical (unpaired) electrons. The van der Waals surface area contributed by atoms with Crippen molar-refractivity contribution >= 4 is 21.4 Å². The van der Waals surface area contributed by atoms with Gasteiger partial charge in [0.25, 0.3) is 0 Å². The summed E-state index contributed by atoms with van der Waals surface area (Å²) in [7, 11) is -4.04. The third-order valence-electron chi connectivity index (χ3n) is 5.34. The summed E-state index contributed by atoms with van der Waals surface area (Å²) in [6.07, 6.45) is 2.30. The van der Waals surface area contributed by atoms with Crippen LogP contribution in [0, 0.1) is 5.82 Å². The van der Waals surface area contributed by atoms with Crippen molar-refractivity contribution in [2.45, 2.75) is 36.8 Å². The Labute approximate surface area is 192 Å². The van der Waals surface area contributed by atoms with Crippen molar-refractivity contribution in [2.24, 2.45) is 0 Å². The van der Waals surface area contributed by atoms with Crippen LogP contribution in [0.4, 0.5) is 4.39 Å².